The van der Waals surface area contributed by atoms with E-state index in [9.17, 15) is 25.0 Å². The fraction of sp³-hybridized carbons (Fsp3) is 0.125. The molecule has 0 radical (unpaired) electrons. The highest BCUT2D eigenvalue weighted by molar-refractivity contribution is 5.94. The SMILES string of the molecule is CCOC(=O)c1cc([N+](=O)[O-])cnc1/C=C/c1ccccc1[N+](=O)[O-]. The topological polar surface area (TPSA) is 125 Å². The van der Waals surface area contributed by atoms with Crippen LogP contribution in [0.15, 0.2) is 36.5 Å². The molecular formula is C16H13N3O6. The summed E-state index contributed by atoms with van der Waals surface area (Å²) >= 11 is 0. The maximum atomic E-state index is 12.0. The number of nitrogens with zero attached hydrogens (tertiary/aromatic N) is 3. The van der Waals surface area contributed by atoms with Crippen molar-refractivity contribution in [1.29, 1.82) is 0 Å². The molecule has 0 saturated carbocycles. The third kappa shape index (κ3) is 4.22. The van der Waals surface area contributed by atoms with E-state index < -0.39 is 15.8 Å². The van der Waals surface area contributed by atoms with E-state index in [-0.39, 0.29) is 29.2 Å². The van der Waals surface area contributed by atoms with Crippen molar-refractivity contribution in [1.82, 2.24) is 4.98 Å². The van der Waals surface area contributed by atoms with Gasteiger partial charge in [-0.1, -0.05) is 12.1 Å². The smallest absolute Gasteiger partial charge is 0.340 e. The predicted octanol–water partition coefficient (Wildman–Crippen LogP) is 3.25. The monoisotopic (exact) mass is 343 g/mol. The summed E-state index contributed by atoms with van der Waals surface area (Å²) in [6.07, 6.45) is 3.79. The van der Waals surface area contributed by atoms with Gasteiger partial charge in [0.2, 0.25) is 0 Å². The fourth-order valence-corrected chi connectivity index (χ4v) is 2.03. The van der Waals surface area contributed by atoms with E-state index in [0.29, 0.717) is 5.56 Å². The second-order valence-electron chi connectivity index (χ2n) is 4.75. The molecule has 128 valence electrons. The average Bonchev–Trinajstić information content (AvgIpc) is 2.60. The largest absolute Gasteiger partial charge is 0.462 e. The van der Waals surface area contributed by atoms with E-state index in [1.807, 2.05) is 0 Å². The van der Waals surface area contributed by atoms with Gasteiger partial charge in [0, 0.05) is 12.1 Å². The Kier molecular flexibility index (Phi) is 5.51. The number of esters is 1. The first kappa shape index (κ1) is 17.7. The van der Waals surface area contributed by atoms with Crippen LogP contribution in [0.1, 0.15) is 28.5 Å². The summed E-state index contributed by atoms with van der Waals surface area (Å²) in [5.74, 6) is -0.763. The third-order valence-corrected chi connectivity index (χ3v) is 3.16. The lowest BCUT2D eigenvalue weighted by Crippen LogP contribution is -2.08. The number of carbonyl (C=O) groups is 1. The standard InChI is InChI=1S/C16H13N3O6/c1-2-25-16(20)13-9-12(18(21)22)10-17-14(13)8-7-11-5-3-4-6-15(11)19(23)24/h3-10H,2H2,1H3/b8-7+. The predicted molar refractivity (Wildman–Crippen MR) is 88.9 cm³/mol. The van der Waals surface area contributed by atoms with E-state index in [2.05, 4.69) is 4.98 Å². The number of nitro groups is 2. The molecule has 9 nitrogen and oxygen atoms in total. The lowest BCUT2D eigenvalue weighted by Gasteiger charge is -2.05. The minimum absolute atomic E-state index is 0.0918. The molecule has 0 atom stereocenters. The summed E-state index contributed by atoms with van der Waals surface area (Å²) in [5, 5.41) is 21.9. The Morgan fingerprint density at radius 3 is 2.56 bits per heavy atom. The molecule has 0 aliphatic carbocycles. The molecule has 2 rings (SSSR count). The quantitative estimate of drug-likeness (QED) is 0.447. The second kappa shape index (κ2) is 7.77. The first-order chi connectivity index (χ1) is 11.9. The summed E-state index contributed by atoms with van der Waals surface area (Å²) in [5.41, 5.74) is -0.139. The second-order valence-corrected chi connectivity index (χ2v) is 4.75. The molecule has 9 heteroatoms. The van der Waals surface area contributed by atoms with Gasteiger partial charge in [-0.15, -0.1) is 0 Å². The van der Waals surface area contributed by atoms with Crippen molar-refractivity contribution in [2.45, 2.75) is 6.92 Å². The van der Waals surface area contributed by atoms with Gasteiger partial charge in [-0.3, -0.25) is 20.2 Å². The lowest BCUT2D eigenvalue weighted by molar-refractivity contribution is -0.385. The fourth-order valence-electron chi connectivity index (χ4n) is 2.03. The maximum absolute atomic E-state index is 12.0. The van der Waals surface area contributed by atoms with Crippen molar-refractivity contribution < 1.29 is 19.4 Å². The van der Waals surface area contributed by atoms with Crippen LogP contribution in [0.4, 0.5) is 11.4 Å². The third-order valence-electron chi connectivity index (χ3n) is 3.16. The molecule has 0 N–H and O–H groups in total. The Bertz CT molecular complexity index is 863. The van der Waals surface area contributed by atoms with Gasteiger partial charge in [0.05, 0.1) is 33.3 Å². The van der Waals surface area contributed by atoms with Crippen LogP contribution in [0.5, 0.6) is 0 Å². The van der Waals surface area contributed by atoms with Crippen molar-refractivity contribution >= 4 is 29.5 Å². The zero-order valence-corrected chi connectivity index (χ0v) is 13.1. The van der Waals surface area contributed by atoms with Crippen LogP contribution in [-0.2, 0) is 4.74 Å². The number of benzene rings is 1. The van der Waals surface area contributed by atoms with Gasteiger partial charge in [0.15, 0.2) is 0 Å². The molecule has 0 spiro atoms. The van der Waals surface area contributed by atoms with Crippen molar-refractivity contribution in [2.75, 3.05) is 6.61 Å². The van der Waals surface area contributed by atoms with Crippen LogP contribution in [0, 0.1) is 20.2 Å². The molecule has 0 unspecified atom stereocenters. The van der Waals surface area contributed by atoms with Gasteiger partial charge in [-0.2, -0.15) is 0 Å². The van der Waals surface area contributed by atoms with Crippen molar-refractivity contribution in [3.63, 3.8) is 0 Å². The lowest BCUT2D eigenvalue weighted by atomic mass is 10.1. The minimum Gasteiger partial charge on any atom is -0.462 e. The summed E-state index contributed by atoms with van der Waals surface area (Å²) in [6, 6.07) is 7.09. The van der Waals surface area contributed by atoms with Crippen molar-refractivity contribution in [3.05, 3.63) is 73.6 Å². The molecule has 0 aliphatic heterocycles. The highest BCUT2D eigenvalue weighted by Crippen LogP contribution is 2.22. The van der Waals surface area contributed by atoms with Gasteiger partial charge >= 0.3 is 5.97 Å². The Morgan fingerprint density at radius 2 is 1.92 bits per heavy atom. The number of para-hydroxylation sites is 1. The van der Waals surface area contributed by atoms with E-state index in [1.165, 1.54) is 30.4 Å². The van der Waals surface area contributed by atoms with Crippen LogP contribution in [0.3, 0.4) is 0 Å². The van der Waals surface area contributed by atoms with Gasteiger partial charge in [0.1, 0.15) is 6.20 Å². The summed E-state index contributed by atoms with van der Waals surface area (Å²) < 4.78 is 4.87. The van der Waals surface area contributed by atoms with Crippen LogP contribution in [0.2, 0.25) is 0 Å². The molecule has 1 aromatic heterocycles. The number of rotatable bonds is 6. The molecule has 0 saturated heterocycles. The van der Waals surface area contributed by atoms with Crippen molar-refractivity contribution in [3.8, 4) is 0 Å². The van der Waals surface area contributed by atoms with E-state index in [1.54, 1.807) is 13.0 Å². The first-order valence-corrected chi connectivity index (χ1v) is 7.17. The maximum Gasteiger partial charge on any atom is 0.340 e. The average molecular weight is 343 g/mol. The zero-order valence-electron chi connectivity index (χ0n) is 13.1. The normalized spacial score (nSPS) is 10.6. The molecule has 1 heterocycles. The van der Waals surface area contributed by atoms with Gasteiger partial charge in [-0.25, -0.2) is 9.78 Å². The van der Waals surface area contributed by atoms with E-state index >= 15 is 0 Å². The number of ether oxygens (including phenoxy) is 1. The Morgan fingerprint density at radius 1 is 1.20 bits per heavy atom. The van der Waals surface area contributed by atoms with E-state index in [0.717, 1.165) is 12.3 Å². The van der Waals surface area contributed by atoms with Crippen LogP contribution < -0.4 is 0 Å². The number of aromatic nitrogens is 1. The summed E-state index contributed by atoms with van der Waals surface area (Å²) in [7, 11) is 0. The Balaban J connectivity index is 2.47. The molecule has 1 aromatic carbocycles. The summed E-state index contributed by atoms with van der Waals surface area (Å²) in [4.78, 5) is 36.6. The molecule has 0 amide bonds. The molecular weight excluding hydrogens is 330 g/mol. The Labute approximate surface area is 141 Å². The van der Waals surface area contributed by atoms with Gasteiger partial charge in [-0.05, 0) is 25.1 Å². The van der Waals surface area contributed by atoms with Gasteiger partial charge in [0.25, 0.3) is 11.4 Å². The first-order valence-electron chi connectivity index (χ1n) is 7.17. The van der Waals surface area contributed by atoms with Crippen LogP contribution >= 0.6 is 0 Å². The van der Waals surface area contributed by atoms with Crippen LogP contribution in [0.25, 0.3) is 12.2 Å². The minimum atomic E-state index is -0.763. The number of nitro benzene ring substituents is 1. The van der Waals surface area contributed by atoms with Crippen LogP contribution in [-0.4, -0.2) is 27.4 Å². The highest BCUT2D eigenvalue weighted by atomic mass is 16.6. The summed E-state index contributed by atoms with van der Waals surface area (Å²) in [6.45, 7) is 1.69. The highest BCUT2D eigenvalue weighted by Gasteiger charge is 2.18. The van der Waals surface area contributed by atoms with E-state index in [4.69, 9.17) is 4.74 Å². The number of hydrogen-bond acceptors (Lipinski definition) is 7. The van der Waals surface area contributed by atoms with Gasteiger partial charge < -0.3 is 4.74 Å². The molecule has 25 heavy (non-hydrogen) atoms. The van der Waals surface area contributed by atoms with Crippen molar-refractivity contribution in [2.24, 2.45) is 0 Å². The zero-order chi connectivity index (χ0) is 18.4. The molecule has 0 aliphatic rings. The number of pyridine rings is 1. The molecule has 2 aromatic rings. The molecule has 0 fully saturated rings. The molecule has 0 bridgehead atoms. The number of carbonyl (C=O) groups excluding carboxylic acids is 1. The number of hydrogen-bond donors (Lipinski definition) is 0. The Hall–Kier alpha value is -3.62.